The van der Waals surface area contributed by atoms with E-state index >= 15 is 0 Å². The van der Waals surface area contributed by atoms with E-state index in [0.717, 1.165) is 27.8 Å². The lowest BCUT2D eigenvalue weighted by Gasteiger charge is -2.08. The van der Waals surface area contributed by atoms with Gasteiger partial charge in [-0.15, -0.1) is 0 Å². The Morgan fingerprint density at radius 3 is 2.39 bits per heavy atom. The number of nitrogens with zero attached hydrogens (tertiary/aromatic N) is 5. The SMILES string of the molecule is Cc1cccc(-n2c3nc4ccccc4nc3c3c(=O)n(Cc4ccc(Cl)cc4)cnc32)c1. The number of benzene rings is 3. The van der Waals surface area contributed by atoms with Crippen molar-refractivity contribution in [2.75, 3.05) is 0 Å². The molecule has 6 aromatic rings. The number of halogens is 1. The first-order valence-electron chi connectivity index (χ1n) is 10.6. The minimum Gasteiger partial charge on any atom is -0.294 e. The van der Waals surface area contributed by atoms with Crippen LogP contribution in [0.4, 0.5) is 0 Å². The van der Waals surface area contributed by atoms with E-state index in [1.165, 1.54) is 0 Å². The molecular weight excluding hydrogens is 434 g/mol. The second-order valence-electron chi connectivity index (χ2n) is 8.06. The molecule has 3 heterocycles. The van der Waals surface area contributed by atoms with Crippen LogP contribution in [0.3, 0.4) is 0 Å². The molecule has 0 unspecified atom stereocenters. The molecule has 0 radical (unpaired) electrons. The maximum absolute atomic E-state index is 13.7. The average molecular weight is 452 g/mol. The van der Waals surface area contributed by atoms with Gasteiger partial charge in [0.2, 0.25) is 0 Å². The molecule has 3 aromatic heterocycles. The van der Waals surface area contributed by atoms with E-state index in [9.17, 15) is 4.79 Å². The Morgan fingerprint density at radius 2 is 1.64 bits per heavy atom. The molecule has 160 valence electrons. The van der Waals surface area contributed by atoms with Gasteiger partial charge in [0.15, 0.2) is 11.3 Å². The normalized spacial score (nSPS) is 11.6. The molecule has 33 heavy (non-hydrogen) atoms. The summed E-state index contributed by atoms with van der Waals surface area (Å²) < 4.78 is 3.52. The monoisotopic (exact) mass is 451 g/mol. The maximum Gasteiger partial charge on any atom is 0.265 e. The van der Waals surface area contributed by atoms with Crippen molar-refractivity contribution in [3.8, 4) is 5.69 Å². The number of aromatic nitrogens is 5. The van der Waals surface area contributed by atoms with Crippen molar-refractivity contribution in [1.29, 1.82) is 0 Å². The lowest BCUT2D eigenvalue weighted by molar-refractivity contribution is 0.747. The number of rotatable bonds is 3. The average Bonchev–Trinajstić information content (AvgIpc) is 3.14. The summed E-state index contributed by atoms with van der Waals surface area (Å²) in [5.41, 5.74) is 6.01. The smallest absolute Gasteiger partial charge is 0.265 e. The first-order chi connectivity index (χ1) is 16.1. The highest BCUT2D eigenvalue weighted by atomic mass is 35.5. The maximum atomic E-state index is 13.7. The third-order valence-electron chi connectivity index (χ3n) is 5.76. The zero-order valence-corrected chi connectivity index (χ0v) is 18.5. The summed E-state index contributed by atoms with van der Waals surface area (Å²) in [5, 5.41) is 1.12. The highest BCUT2D eigenvalue weighted by molar-refractivity contribution is 6.30. The Hall–Kier alpha value is -4.03. The molecule has 0 fully saturated rings. The molecule has 0 saturated heterocycles. The van der Waals surface area contributed by atoms with Crippen LogP contribution in [0, 0.1) is 6.92 Å². The molecule has 7 heteroatoms. The first kappa shape index (κ1) is 19.6. The Morgan fingerprint density at radius 1 is 0.879 bits per heavy atom. The number of hydrogen-bond acceptors (Lipinski definition) is 4. The predicted molar refractivity (Wildman–Crippen MR) is 131 cm³/mol. The molecule has 3 aromatic carbocycles. The zero-order chi connectivity index (χ0) is 22.5. The van der Waals surface area contributed by atoms with Gasteiger partial charge in [-0.2, -0.15) is 0 Å². The lowest BCUT2D eigenvalue weighted by Crippen LogP contribution is -2.21. The van der Waals surface area contributed by atoms with Gasteiger partial charge in [-0.25, -0.2) is 15.0 Å². The fourth-order valence-corrected chi connectivity index (χ4v) is 4.31. The number of fused-ring (bicyclic) bond motifs is 4. The van der Waals surface area contributed by atoms with Crippen molar-refractivity contribution >= 4 is 44.8 Å². The minimum absolute atomic E-state index is 0.157. The molecule has 0 aliphatic rings. The van der Waals surface area contributed by atoms with Crippen LogP contribution in [-0.4, -0.2) is 24.1 Å². The molecule has 0 saturated carbocycles. The molecule has 0 N–H and O–H groups in total. The van der Waals surface area contributed by atoms with Crippen molar-refractivity contribution in [3.05, 3.63) is 106 Å². The van der Waals surface area contributed by atoms with E-state index in [4.69, 9.17) is 26.6 Å². The molecule has 6 nitrogen and oxygen atoms in total. The lowest BCUT2D eigenvalue weighted by atomic mass is 10.2. The van der Waals surface area contributed by atoms with Crippen molar-refractivity contribution < 1.29 is 0 Å². The van der Waals surface area contributed by atoms with E-state index in [0.29, 0.717) is 33.8 Å². The van der Waals surface area contributed by atoms with Crippen LogP contribution in [0.5, 0.6) is 0 Å². The first-order valence-corrected chi connectivity index (χ1v) is 10.9. The molecule has 0 amide bonds. The van der Waals surface area contributed by atoms with Gasteiger partial charge in [0.25, 0.3) is 5.56 Å². The van der Waals surface area contributed by atoms with Crippen molar-refractivity contribution in [1.82, 2.24) is 24.1 Å². The third-order valence-corrected chi connectivity index (χ3v) is 6.01. The molecule has 0 aliphatic heterocycles. The van der Waals surface area contributed by atoms with Gasteiger partial charge >= 0.3 is 0 Å². The fourth-order valence-electron chi connectivity index (χ4n) is 4.18. The van der Waals surface area contributed by atoms with Gasteiger partial charge in [-0.05, 0) is 54.4 Å². The third kappa shape index (κ3) is 3.27. The second-order valence-corrected chi connectivity index (χ2v) is 8.50. The molecular formula is C26H18ClN5O. The van der Waals surface area contributed by atoms with Crippen molar-refractivity contribution in [2.24, 2.45) is 0 Å². The number of aryl methyl sites for hydroxylation is 1. The van der Waals surface area contributed by atoms with Crippen LogP contribution >= 0.6 is 11.6 Å². The van der Waals surface area contributed by atoms with E-state index in [-0.39, 0.29) is 5.56 Å². The van der Waals surface area contributed by atoms with Gasteiger partial charge in [-0.1, -0.05) is 48.0 Å². The predicted octanol–water partition coefficient (Wildman–Crippen LogP) is 5.29. The van der Waals surface area contributed by atoms with Gasteiger partial charge in [0.1, 0.15) is 17.2 Å². The summed E-state index contributed by atoms with van der Waals surface area (Å²) in [7, 11) is 0. The number of hydrogen-bond donors (Lipinski definition) is 0. The molecule has 0 aliphatic carbocycles. The Kier molecular flexibility index (Phi) is 4.48. The summed E-state index contributed by atoms with van der Waals surface area (Å²) in [6, 6.07) is 23.2. The number of para-hydroxylation sites is 2. The quantitative estimate of drug-likeness (QED) is 0.366. The largest absolute Gasteiger partial charge is 0.294 e. The summed E-state index contributed by atoms with van der Waals surface area (Å²) in [4.78, 5) is 28.1. The summed E-state index contributed by atoms with van der Waals surface area (Å²) in [6.45, 7) is 2.42. The fraction of sp³-hybridized carbons (Fsp3) is 0.0769. The minimum atomic E-state index is -0.157. The van der Waals surface area contributed by atoms with Gasteiger partial charge < -0.3 is 0 Å². The summed E-state index contributed by atoms with van der Waals surface area (Å²) in [6.07, 6.45) is 1.59. The zero-order valence-electron chi connectivity index (χ0n) is 17.7. The van der Waals surface area contributed by atoms with Crippen LogP contribution in [0.1, 0.15) is 11.1 Å². The summed E-state index contributed by atoms with van der Waals surface area (Å²) >= 11 is 6.01. The van der Waals surface area contributed by atoms with Gasteiger partial charge in [0.05, 0.1) is 17.6 Å². The molecule has 0 bridgehead atoms. The van der Waals surface area contributed by atoms with E-state index in [1.54, 1.807) is 10.9 Å². The van der Waals surface area contributed by atoms with Crippen molar-refractivity contribution in [2.45, 2.75) is 13.5 Å². The highest BCUT2D eigenvalue weighted by Gasteiger charge is 2.21. The van der Waals surface area contributed by atoms with Crippen LogP contribution in [0.15, 0.2) is 83.9 Å². The topological polar surface area (TPSA) is 65.6 Å². The van der Waals surface area contributed by atoms with Gasteiger partial charge in [-0.3, -0.25) is 13.9 Å². The molecule has 0 atom stereocenters. The second kappa shape index (κ2) is 7.53. The standard InChI is InChI=1S/C26H18ClN5O/c1-16-5-4-6-19(13-16)32-24-22(23-25(32)30-21-8-3-2-7-20(21)29-23)26(33)31(15-28-24)14-17-9-11-18(27)12-10-17/h2-13,15H,14H2,1H3. The van der Waals surface area contributed by atoms with Gasteiger partial charge in [0, 0.05) is 10.7 Å². The summed E-state index contributed by atoms with van der Waals surface area (Å²) in [5.74, 6) is 0. The Labute approximate surface area is 193 Å². The Balaban J connectivity index is 1.68. The van der Waals surface area contributed by atoms with Crippen molar-refractivity contribution in [3.63, 3.8) is 0 Å². The molecule has 0 spiro atoms. The van der Waals surface area contributed by atoms with E-state index in [1.807, 2.05) is 78.2 Å². The van der Waals surface area contributed by atoms with Crippen LogP contribution < -0.4 is 5.56 Å². The highest BCUT2D eigenvalue weighted by Crippen LogP contribution is 2.28. The van der Waals surface area contributed by atoms with Crippen LogP contribution in [0.25, 0.3) is 38.9 Å². The van der Waals surface area contributed by atoms with Crippen LogP contribution in [0.2, 0.25) is 5.02 Å². The van der Waals surface area contributed by atoms with E-state index in [2.05, 4.69) is 6.07 Å². The molecule has 6 rings (SSSR count). The van der Waals surface area contributed by atoms with E-state index < -0.39 is 0 Å². The Bertz CT molecular complexity index is 1730. The van der Waals surface area contributed by atoms with Crippen LogP contribution in [-0.2, 0) is 6.54 Å².